The van der Waals surface area contributed by atoms with Crippen molar-refractivity contribution in [2.75, 3.05) is 18.4 Å². The molecule has 25 heavy (non-hydrogen) atoms. The van der Waals surface area contributed by atoms with Gasteiger partial charge in [0.1, 0.15) is 0 Å². The molecule has 2 aromatic carbocycles. The van der Waals surface area contributed by atoms with E-state index in [-0.39, 0.29) is 18.5 Å². The van der Waals surface area contributed by atoms with Gasteiger partial charge in [-0.05, 0) is 30.7 Å². The van der Waals surface area contributed by atoms with E-state index in [1.54, 1.807) is 17.0 Å². The maximum Gasteiger partial charge on any atom is 0.308 e. The maximum atomic E-state index is 13.0. The van der Waals surface area contributed by atoms with Gasteiger partial charge in [0.2, 0.25) is 0 Å². The van der Waals surface area contributed by atoms with Crippen molar-refractivity contribution < 1.29 is 14.7 Å². The molecule has 1 aliphatic heterocycles. The summed E-state index contributed by atoms with van der Waals surface area (Å²) in [7, 11) is 0. The van der Waals surface area contributed by atoms with Crippen molar-refractivity contribution in [3.63, 3.8) is 0 Å². The molecule has 1 aliphatic rings. The molecular formula is C19H21N3O3. The van der Waals surface area contributed by atoms with Gasteiger partial charge in [-0.25, -0.2) is 0 Å². The van der Waals surface area contributed by atoms with Crippen molar-refractivity contribution >= 4 is 23.3 Å². The van der Waals surface area contributed by atoms with Gasteiger partial charge in [-0.2, -0.15) is 0 Å². The molecule has 4 N–H and O–H groups in total. The third-order valence-electron chi connectivity index (χ3n) is 4.33. The topological polar surface area (TPSA) is 95.7 Å². The summed E-state index contributed by atoms with van der Waals surface area (Å²) in [4.78, 5) is 25.8. The second-order valence-electron chi connectivity index (χ2n) is 6.28. The van der Waals surface area contributed by atoms with E-state index in [9.17, 15) is 14.7 Å². The molecule has 6 heteroatoms. The van der Waals surface area contributed by atoms with Crippen molar-refractivity contribution in [3.8, 4) is 0 Å². The number of benzene rings is 2. The first-order valence-corrected chi connectivity index (χ1v) is 8.23. The summed E-state index contributed by atoms with van der Waals surface area (Å²) in [5.41, 5.74) is 8.02. The van der Waals surface area contributed by atoms with Crippen molar-refractivity contribution in [2.45, 2.75) is 12.5 Å². The SMILES string of the molecule is NC1CC(C(=O)O)CN(C(=O)c2ccccc2Nc2ccccc2)C1. The Morgan fingerprint density at radius 3 is 2.44 bits per heavy atom. The number of carbonyl (C=O) groups excluding carboxylic acids is 1. The number of nitrogens with one attached hydrogen (secondary N) is 1. The highest BCUT2D eigenvalue weighted by Gasteiger charge is 2.33. The van der Waals surface area contributed by atoms with E-state index in [1.807, 2.05) is 42.5 Å². The Balaban J connectivity index is 1.83. The van der Waals surface area contributed by atoms with Crippen molar-refractivity contribution in [2.24, 2.45) is 11.7 Å². The highest BCUT2D eigenvalue weighted by atomic mass is 16.4. The molecule has 0 radical (unpaired) electrons. The number of nitrogens with two attached hydrogens (primary N) is 1. The number of rotatable bonds is 4. The Morgan fingerprint density at radius 2 is 1.72 bits per heavy atom. The third kappa shape index (κ3) is 3.97. The first kappa shape index (κ1) is 17.0. The van der Waals surface area contributed by atoms with Gasteiger partial charge in [0.05, 0.1) is 17.2 Å². The molecule has 1 heterocycles. The number of carbonyl (C=O) groups is 2. The lowest BCUT2D eigenvalue weighted by Gasteiger charge is -2.34. The Kier molecular flexibility index (Phi) is 5.00. The molecule has 130 valence electrons. The minimum absolute atomic E-state index is 0.182. The van der Waals surface area contributed by atoms with Gasteiger partial charge >= 0.3 is 5.97 Å². The van der Waals surface area contributed by atoms with Gasteiger partial charge in [0.15, 0.2) is 0 Å². The van der Waals surface area contributed by atoms with E-state index in [0.29, 0.717) is 24.2 Å². The zero-order valence-electron chi connectivity index (χ0n) is 13.8. The molecule has 2 aromatic rings. The maximum absolute atomic E-state index is 13.0. The van der Waals surface area contributed by atoms with Crippen LogP contribution in [0.2, 0.25) is 0 Å². The van der Waals surface area contributed by atoms with Crippen molar-refractivity contribution in [1.82, 2.24) is 4.90 Å². The van der Waals surface area contributed by atoms with Crippen LogP contribution in [0.3, 0.4) is 0 Å². The third-order valence-corrected chi connectivity index (χ3v) is 4.33. The van der Waals surface area contributed by atoms with E-state index in [0.717, 1.165) is 5.69 Å². The van der Waals surface area contributed by atoms with Gasteiger partial charge in [-0.15, -0.1) is 0 Å². The van der Waals surface area contributed by atoms with Crippen LogP contribution in [0, 0.1) is 5.92 Å². The Bertz CT molecular complexity index is 764. The zero-order valence-corrected chi connectivity index (χ0v) is 13.8. The van der Waals surface area contributed by atoms with Crippen LogP contribution in [-0.2, 0) is 4.79 Å². The average molecular weight is 339 g/mol. The Labute approximate surface area is 146 Å². The molecule has 0 aliphatic carbocycles. The number of anilines is 2. The van der Waals surface area contributed by atoms with E-state index in [4.69, 9.17) is 5.73 Å². The van der Waals surface area contributed by atoms with Crippen LogP contribution in [0.25, 0.3) is 0 Å². The van der Waals surface area contributed by atoms with Crippen molar-refractivity contribution in [3.05, 3.63) is 60.2 Å². The van der Waals surface area contributed by atoms with E-state index in [1.165, 1.54) is 0 Å². The van der Waals surface area contributed by atoms with Gasteiger partial charge in [-0.1, -0.05) is 30.3 Å². The van der Waals surface area contributed by atoms with Gasteiger partial charge in [0, 0.05) is 24.8 Å². The highest BCUT2D eigenvalue weighted by molar-refractivity contribution is 6.00. The van der Waals surface area contributed by atoms with Crippen molar-refractivity contribution in [1.29, 1.82) is 0 Å². The molecule has 6 nitrogen and oxygen atoms in total. The van der Waals surface area contributed by atoms with Crippen LogP contribution >= 0.6 is 0 Å². The summed E-state index contributed by atoms with van der Waals surface area (Å²) in [5, 5.41) is 12.5. The lowest BCUT2D eigenvalue weighted by Crippen LogP contribution is -2.51. The summed E-state index contributed by atoms with van der Waals surface area (Å²) >= 11 is 0. The normalized spacial score (nSPS) is 20.1. The molecule has 1 saturated heterocycles. The first-order valence-electron chi connectivity index (χ1n) is 8.23. The smallest absolute Gasteiger partial charge is 0.308 e. The predicted molar refractivity (Wildman–Crippen MR) is 95.8 cm³/mol. The fourth-order valence-electron chi connectivity index (χ4n) is 3.11. The average Bonchev–Trinajstić information content (AvgIpc) is 2.62. The summed E-state index contributed by atoms with van der Waals surface area (Å²) in [6.45, 7) is 0.545. The van der Waals surface area contributed by atoms with Crippen LogP contribution in [0.1, 0.15) is 16.8 Å². The molecule has 0 saturated carbocycles. The molecule has 0 bridgehead atoms. The van der Waals surface area contributed by atoms with Crippen LogP contribution in [-0.4, -0.2) is 41.0 Å². The summed E-state index contributed by atoms with van der Waals surface area (Å²) in [6.07, 6.45) is 0.392. The number of piperidine rings is 1. The summed E-state index contributed by atoms with van der Waals surface area (Å²) in [6, 6.07) is 16.5. The largest absolute Gasteiger partial charge is 0.481 e. The fourth-order valence-corrected chi connectivity index (χ4v) is 3.11. The molecule has 2 unspecified atom stereocenters. The quantitative estimate of drug-likeness (QED) is 0.794. The van der Waals surface area contributed by atoms with E-state index in [2.05, 4.69) is 5.32 Å². The van der Waals surface area contributed by atoms with Crippen LogP contribution < -0.4 is 11.1 Å². The number of aliphatic carboxylic acids is 1. The molecule has 1 amide bonds. The zero-order chi connectivity index (χ0) is 17.8. The number of likely N-dealkylation sites (tertiary alicyclic amines) is 1. The molecular weight excluding hydrogens is 318 g/mol. The first-order chi connectivity index (χ1) is 12.0. The fraction of sp³-hybridized carbons (Fsp3) is 0.263. The van der Waals surface area contributed by atoms with Crippen LogP contribution in [0.5, 0.6) is 0 Å². The Hall–Kier alpha value is -2.86. The Morgan fingerprint density at radius 1 is 1.04 bits per heavy atom. The number of hydrogen-bond donors (Lipinski definition) is 3. The molecule has 0 spiro atoms. The minimum Gasteiger partial charge on any atom is -0.481 e. The number of nitrogens with zero attached hydrogens (tertiary/aromatic N) is 1. The second-order valence-corrected chi connectivity index (χ2v) is 6.28. The van der Waals surface area contributed by atoms with E-state index >= 15 is 0 Å². The lowest BCUT2D eigenvalue weighted by atomic mass is 9.94. The number of hydrogen-bond acceptors (Lipinski definition) is 4. The van der Waals surface area contributed by atoms with Gasteiger partial charge < -0.3 is 21.1 Å². The number of para-hydroxylation sites is 2. The molecule has 0 aromatic heterocycles. The minimum atomic E-state index is -0.913. The number of amides is 1. The molecule has 2 atom stereocenters. The molecule has 1 fully saturated rings. The highest BCUT2D eigenvalue weighted by Crippen LogP contribution is 2.24. The predicted octanol–water partition coefficient (Wildman–Crippen LogP) is 2.30. The second kappa shape index (κ2) is 7.36. The standard InChI is InChI=1S/C19H21N3O3/c20-14-10-13(19(24)25)11-22(12-14)18(23)16-8-4-5-9-17(16)21-15-6-2-1-3-7-15/h1-9,13-14,21H,10-12,20H2,(H,24,25). The molecule has 3 rings (SSSR count). The monoisotopic (exact) mass is 339 g/mol. The lowest BCUT2D eigenvalue weighted by molar-refractivity contribution is -0.143. The van der Waals surface area contributed by atoms with Gasteiger partial charge in [0.25, 0.3) is 5.91 Å². The summed E-state index contributed by atoms with van der Waals surface area (Å²) in [5.74, 6) is -1.74. The van der Waals surface area contributed by atoms with Crippen LogP contribution in [0.4, 0.5) is 11.4 Å². The summed E-state index contributed by atoms with van der Waals surface area (Å²) < 4.78 is 0. The van der Waals surface area contributed by atoms with Crippen LogP contribution in [0.15, 0.2) is 54.6 Å². The van der Waals surface area contributed by atoms with Gasteiger partial charge in [-0.3, -0.25) is 9.59 Å². The number of carboxylic acid groups (broad SMARTS) is 1. The van der Waals surface area contributed by atoms with E-state index < -0.39 is 11.9 Å². The number of carboxylic acids is 1.